The summed E-state index contributed by atoms with van der Waals surface area (Å²) in [5.41, 5.74) is 2.00. The monoisotopic (exact) mass is 646 g/mol. The van der Waals surface area contributed by atoms with Crippen molar-refractivity contribution in [2.24, 2.45) is 0 Å². The summed E-state index contributed by atoms with van der Waals surface area (Å²) in [6.45, 7) is 1.85. The number of carbonyl (C=O) groups is 4. The van der Waals surface area contributed by atoms with Crippen molar-refractivity contribution >= 4 is 79.0 Å². The van der Waals surface area contributed by atoms with E-state index >= 15 is 0 Å². The molecule has 11 heteroatoms. The molecule has 0 aliphatic carbocycles. The number of amides is 4. The fraction of sp³-hybridized carbons (Fsp3) is 0.0769. The van der Waals surface area contributed by atoms with Crippen LogP contribution in [-0.4, -0.2) is 28.9 Å². The highest BCUT2D eigenvalue weighted by Gasteiger charge is 2.37. The molecule has 37 heavy (non-hydrogen) atoms. The van der Waals surface area contributed by atoms with Crippen LogP contribution in [0.15, 0.2) is 69.1 Å². The molecule has 0 unspecified atom stereocenters. The van der Waals surface area contributed by atoms with E-state index in [0.29, 0.717) is 30.8 Å². The Hall–Kier alpha value is -3.47. The molecule has 3 aromatic rings. The van der Waals surface area contributed by atoms with Gasteiger partial charge in [-0.3, -0.25) is 14.9 Å². The van der Waals surface area contributed by atoms with E-state index < -0.39 is 23.8 Å². The van der Waals surface area contributed by atoms with Crippen LogP contribution >= 0.6 is 43.5 Å². The van der Waals surface area contributed by atoms with Gasteiger partial charge in [-0.25, -0.2) is 14.5 Å². The van der Waals surface area contributed by atoms with Crippen molar-refractivity contribution in [1.82, 2.24) is 5.32 Å². The van der Waals surface area contributed by atoms with E-state index in [0.717, 1.165) is 10.5 Å². The zero-order chi connectivity index (χ0) is 26.9. The summed E-state index contributed by atoms with van der Waals surface area (Å²) < 4.78 is 6.96. The van der Waals surface area contributed by atoms with E-state index in [4.69, 9.17) is 21.4 Å². The van der Waals surface area contributed by atoms with E-state index in [2.05, 4.69) is 37.2 Å². The minimum atomic E-state index is -1.01. The Morgan fingerprint density at radius 2 is 1.73 bits per heavy atom. The third kappa shape index (κ3) is 5.61. The van der Waals surface area contributed by atoms with Crippen molar-refractivity contribution in [3.05, 3.63) is 96.4 Å². The third-order valence-electron chi connectivity index (χ3n) is 5.50. The number of nitrogens with one attached hydrogen (secondary N) is 1. The molecule has 3 aromatic carbocycles. The maximum Gasteiger partial charge on any atom is 0.335 e. The number of halogens is 3. The molecule has 0 spiro atoms. The number of carboxylic acids is 1. The fourth-order valence-electron chi connectivity index (χ4n) is 3.58. The molecule has 1 fully saturated rings. The number of imide groups is 2. The maximum atomic E-state index is 13.2. The number of barbiturate groups is 1. The Morgan fingerprint density at radius 1 is 1.08 bits per heavy atom. The second-order valence-corrected chi connectivity index (χ2v) is 10.1. The van der Waals surface area contributed by atoms with Crippen LogP contribution in [0.2, 0.25) is 5.02 Å². The molecule has 1 aliphatic rings. The van der Waals surface area contributed by atoms with Crippen molar-refractivity contribution < 1.29 is 29.0 Å². The molecule has 1 saturated heterocycles. The number of anilines is 1. The first-order valence-electron chi connectivity index (χ1n) is 10.7. The van der Waals surface area contributed by atoms with Gasteiger partial charge in [0.15, 0.2) is 0 Å². The van der Waals surface area contributed by atoms with Crippen LogP contribution in [0.4, 0.5) is 10.5 Å². The number of ether oxygens (including phenoxy) is 1. The molecule has 2 N–H and O–H groups in total. The number of hydrogen-bond acceptors (Lipinski definition) is 5. The number of rotatable bonds is 6. The predicted molar refractivity (Wildman–Crippen MR) is 145 cm³/mol. The lowest BCUT2D eigenvalue weighted by Gasteiger charge is -2.27. The summed E-state index contributed by atoms with van der Waals surface area (Å²) in [6, 6.07) is 13.6. The zero-order valence-corrected chi connectivity index (χ0v) is 23.0. The number of carboxylic acid groups (broad SMARTS) is 1. The van der Waals surface area contributed by atoms with Crippen LogP contribution < -0.4 is 15.0 Å². The van der Waals surface area contributed by atoms with Gasteiger partial charge >= 0.3 is 12.0 Å². The standard InChI is InChI=1S/C26H17Br2ClN2O6/c1-13-20(29)3-2-4-21(13)31-24(33)17(23(32)30-26(31)36)9-15-10-18(27)22(19(28)11-15)37-12-14-5-7-16(8-6-14)25(34)35/h2-11H,12H2,1H3,(H,34,35)(H,30,32,36)/b17-9+. The Bertz CT molecular complexity index is 1460. The minimum absolute atomic E-state index is 0.175. The summed E-state index contributed by atoms with van der Waals surface area (Å²) in [7, 11) is 0. The van der Waals surface area contributed by atoms with Crippen LogP contribution in [0.5, 0.6) is 5.75 Å². The van der Waals surface area contributed by atoms with Gasteiger partial charge in [0.05, 0.1) is 20.2 Å². The highest BCUT2D eigenvalue weighted by Crippen LogP contribution is 2.36. The number of benzene rings is 3. The van der Waals surface area contributed by atoms with Crippen molar-refractivity contribution in [1.29, 1.82) is 0 Å². The van der Waals surface area contributed by atoms with Crippen molar-refractivity contribution in [3.8, 4) is 5.75 Å². The predicted octanol–water partition coefficient (Wildman–Crippen LogP) is 6.12. The second-order valence-electron chi connectivity index (χ2n) is 7.95. The van der Waals surface area contributed by atoms with Crippen LogP contribution in [0.25, 0.3) is 6.08 Å². The molecule has 1 heterocycles. The van der Waals surface area contributed by atoms with Gasteiger partial charge in [0.1, 0.15) is 17.9 Å². The van der Waals surface area contributed by atoms with Crippen LogP contribution in [0.3, 0.4) is 0 Å². The third-order valence-corrected chi connectivity index (χ3v) is 7.08. The van der Waals surface area contributed by atoms with Gasteiger partial charge in [0.25, 0.3) is 11.8 Å². The number of nitrogens with zero attached hydrogens (tertiary/aromatic N) is 1. The van der Waals surface area contributed by atoms with Crippen molar-refractivity contribution in [2.45, 2.75) is 13.5 Å². The number of urea groups is 1. The molecule has 0 radical (unpaired) electrons. The second kappa shape index (κ2) is 10.9. The first-order chi connectivity index (χ1) is 17.6. The molecule has 0 bridgehead atoms. The fourth-order valence-corrected chi connectivity index (χ4v) is 5.20. The van der Waals surface area contributed by atoms with E-state index in [1.807, 2.05) is 0 Å². The molecular weight excluding hydrogens is 632 g/mol. The smallest absolute Gasteiger partial charge is 0.335 e. The Kier molecular flexibility index (Phi) is 7.82. The Morgan fingerprint density at radius 3 is 2.35 bits per heavy atom. The van der Waals surface area contributed by atoms with Crippen molar-refractivity contribution in [3.63, 3.8) is 0 Å². The van der Waals surface area contributed by atoms with Gasteiger partial charge in [-0.1, -0.05) is 29.8 Å². The normalized spacial score (nSPS) is 14.6. The Balaban J connectivity index is 1.59. The Labute approximate surface area is 233 Å². The molecule has 0 saturated carbocycles. The topological polar surface area (TPSA) is 113 Å². The lowest BCUT2D eigenvalue weighted by Crippen LogP contribution is -2.54. The number of carbonyl (C=O) groups excluding carboxylic acids is 3. The van der Waals surface area contributed by atoms with E-state index in [-0.39, 0.29) is 23.4 Å². The average Bonchev–Trinajstić information content (AvgIpc) is 2.84. The molecular formula is C26H17Br2ClN2O6. The van der Waals surface area contributed by atoms with E-state index in [1.54, 1.807) is 49.4 Å². The maximum absolute atomic E-state index is 13.2. The zero-order valence-electron chi connectivity index (χ0n) is 19.1. The molecule has 4 rings (SSSR count). The molecule has 4 amide bonds. The van der Waals surface area contributed by atoms with Gasteiger partial charge < -0.3 is 9.84 Å². The molecule has 8 nitrogen and oxygen atoms in total. The number of aromatic carboxylic acids is 1. The molecule has 0 aromatic heterocycles. The van der Waals surface area contributed by atoms with Crippen LogP contribution in [0.1, 0.15) is 27.0 Å². The lowest BCUT2D eigenvalue weighted by molar-refractivity contribution is -0.122. The largest absolute Gasteiger partial charge is 0.487 e. The summed E-state index contributed by atoms with van der Waals surface area (Å²) >= 11 is 13.1. The summed E-state index contributed by atoms with van der Waals surface area (Å²) in [4.78, 5) is 50.2. The quantitative estimate of drug-likeness (QED) is 0.246. The van der Waals surface area contributed by atoms with Crippen LogP contribution in [0, 0.1) is 6.92 Å². The lowest BCUT2D eigenvalue weighted by atomic mass is 10.1. The van der Waals surface area contributed by atoms with Gasteiger partial charge in [-0.15, -0.1) is 0 Å². The molecule has 0 atom stereocenters. The van der Waals surface area contributed by atoms with Crippen molar-refractivity contribution in [2.75, 3.05) is 4.90 Å². The summed E-state index contributed by atoms with van der Waals surface area (Å²) in [5, 5.41) is 11.6. The van der Waals surface area contributed by atoms with Gasteiger partial charge in [0, 0.05) is 5.02 Å². The number of hydrogen-bond donors (Lipinski definition) is 2. The average molecular weight is 649 g/mol. The first-order valence-corrected chi connectivity index (χ1v) is 12.6. The summed E-state index contributed by atoms with van der Waals surface area (Å²) in [5.74, 6) is -2.14. The van der Waals surface area contributed by atoms with Gasteiger partial charge in [-0.2, -0.15) is 0 Å². The van der Waals surface area contributed by atoms with E-state index in [9.17, 15) is 19.2 Å². The molecule has 188 valence electrons. The minimum Gasteiger partial charge on any atom is -0.487 e. The summed E-state index contributed by atoms with van der Waals surface area (Å²) in [6.07, 6.45) is 1.38. The first kappa shape index (κ1) is 26.6. The van der Waals surface area contributed by atoms with E-state index in [1.165, 1.54) is 18.2 Å². The van der Waals surface area contributed by atoms with Gasteiger partial charge in [0.2, 0.25) is 0 Å². The highest BCUT2D eigenvalue weighted by molar-refractivity contribution is 9.11. The highest BCUT2D eigenvalue weighted by atomic mass is 79.9. The SMILES string of the molecule is Cc1c(Cl)cccc1N1C(=O)NC(=O)/C(=C\c2cc(Br)c(OCc3ccc(C(=O)O)cc3)c(Br)c2)C1=O. The van der Waals surface area contributed by atoms with Crippen LogP contribution in [-0.2, 0) is 16.2 Å². The molecule has 1 aliphatic heterocycles. The van der Waals surface area contributed by atoms with Gasteiger partial charge in [-0.05, 0) is 97.9 Å².